The standard InChI is InChI=1S/C15H23F3N2O3/c16-15(17,18)14-12(5-3-8-21)11-20(19-14)7-4-10-23-13-6-1-2-9-22-13/h11,13,21H,1-10H2. The molecule has 1 aliphatic heterocycles. The highest BCUT2D eigenvalue weighted by Crippen LogP contribution is 2.31. The fourth-order valence-electron chi connectivity index (χ4n) is 2.55. The average molecular weight is 336 g/mol. The molecule has 1 N–H and O–H groups in total. The Morgan fingerprint density at radius 2 is 2.17 bits per heavy atom. The van der Waals surface area contributed by atoms with Crippen molar-refractivity contribution in [2.24, 2.45) is 0 Å². The third-order valence-electron chi connectivity index (χ3n) is 3.68. The molecule has 1 fully saturated rings. The summed E-state index contributed by atoms with van der Waals surface area (Å²) in [5.41, 5.74) is -0.731. The van der Waals surface area contributed by atoms with Crippen molar-refractivity contribution in [2.75, 3.05) is 19.8 Å². The van der Waals surface area contributed by atoms with Crippen molar-refractivity contribution in [3.63, 3.8) is 0 Å². The Balaban J connectivity index is 1.83. The number of halogens is 3. The van der Waals surface area contributed by atoms with Gasteiger partial charge in [0, 0.05) is 31.5 Å². The van der Waals surface area contributed by atoms with Gasteiger partial charge in [-0.15, -0.1) is 0 Å². The van der Waals surface area contributed by atoms with E-state index in [1.165, 1.54) is 10.9 Å². The van der Waals surface area contributed by atoms with Crippen LogP contribution in [-0.4, -0.2) is 41.0 Å². The largest absolute Gasteiger partial charge is 0.435 e. The minimum absolute atomic E-state index is 0.128. The van der Waals surface area contributed by atoms with Crippen LogP contribution in [0.3, 0.4) is 0 Å². The first-order valence-corrected chi connectivity index (χ1v) is 7.98. The van der Waals surface area contributed by atoms with E-state index in [4.69, 9.17) is 14.6 Å². The molecule has 5 nitrogen and oxygen atoms in total. The molecule has 2 heterocycles. The number of aryl methyl sites for hydroxylation is 2. The van der Waals surface area contributed by atoms with Crippen molar-refractivity contribution in [1.82, 2.24) is 9.78 Å². The quantitative estimate of drug-likeness (QED) is 0.742. The topological polar surface area (TPSA) is 56.5 Å². The fraction of sp³-hybridized carbons (Fsp3) is 0.800. The van der Waals surface area contributed by atoms with Gasteiger partial charge in [0.1, 0.15) is 0 Å². The zero-order valence-corrected chi connectivity index (χ0v) is 13.0. The molecular weight excluding hydrogens is 313 g/mol. The van der Waals surface area contributed by atoms with Gasteiger partial charge in [-0.25, -0.2) is 0 Å². The van der Waals surface area contributed by atoms with Crippen molar-refractivity contribution >= 4 is 0 Å². The maximum atomic E-state index is 12.9. The van der Waals surface area contributed by atoms with Crippen LogP contribution in [0.2, 0.25) is 0 Å². The van der Waals surface area contributed by atoms with Crippen molar-refractivity contribution in [2.45, 2.75) is 57.5 Å². The van der Waals surface area contributed by atoms with Gasteiger partial charge in [-0.1, -0.05) is 0 Å². The number of hydrogen-bond acceptors (Lipinski definition) is 4. The van der Waals surface area contributed by atoms with Crippen molar-refractivity contribution in [3.05, 3.63) is 17.5 Å². The molecule has 0 aliphatic carbocycles. The van der Waals surface area contributed by atoms with E-state index in [1.54, 1.807) is 0 Å². The summed E-state index contributed by atoms with van der Waals surface area (Å²) in [6.07, 6.45) is 0.764. The van der Waals surface area contributed by atoms with Gasteiger partial charge in [0.15, 0.2) is 12.0 Å². The van der Waals surface area contributed by atoms with Crippen LogP contribution in [0.1, 0.15) is 43.4 Å². The molecule has 1 aromatic heterocycles. The van der Waals surface area contributed by atoms with Crippen LogP contribution in [0.25, 0.3) is 0 Å². The van der Waals surface area contributed by atoms with Crippen molar-refractivity contribution in [3.8, 4) is 0 Å². The Hall–Kier alpha value is -1.12. The zero-order valence-electron chi connectivity index (χ0n) is 13.0. The van der Waals surface area contributed by atoms with Gasteiger partial charge in [0.25, 0.3) is 0 Å². The first-order valence-electron chi connectivity index (χ1n) is 7.98. The number of ether oxygens (including phenoxy) is 2. The number of hydrogen-bond donors (Lipinski definition) is 1. The summed E-state index contributed by atoms with van der Waals surface area (Å²) in [4.78, 5) is 0. The Morgan fingerprint density at radius 3 is 2.83 bits per heavy atom. The lowest BCUT2D eigenvalue weighted by atomic mass is 10.1. The Morgan fingerprint density at radius 1 is 1.35 bits per heavy atom. The van der Waals surface area contributed by atoms with Crippen LogP contribution < -0.4 is 0 Å². The minimum Gasteiger partial charge on any atom is -0.396 e. The van der Waals surface area contributed by atoms with E-state index in [1.807, 2.05) is 0 Å². The molecule has 132 valence electrons. The van der Waals surface area contributed by atoms with E-state index in [-0.39, 0.29) is 31.3 Å². The normalized spacial score (nSPS) is 19.2. The third-order valence-corrected chi connectivity index (χ3v) is 3.68. The van der Waals surface area contributed by atoms with Crippen LogP contribution in [-0.2, 0) is 28.6 Å². The van der Waals surface area contributed by atoms with E-state index < -0.39 is 11.9 Å². The van der Waals surface area contributed by atoms with Gasteiger partial charge in [0.2, 0.25) is 0 Å². The van der Waals surface area contributed by atoms with Gasteiger partial charge >= 0.3 is 6.18 Å². The number of nitrogens with zero attached hydrogens (tertiary/aromatic N) is 2. The predicted octanol–water partition coefficient (Wildman–Crippen LogP) is 2.76. The van der Waals surface area contributed by atoms with E-state index in [0.29, 0.717) is 26.2 Å². The lowest BCUT2D eigenvalue weighted by molar-refractivity contribution is -0.163. The van der Waals surface area contributed by atoms with Crippen molar-refractivity contribution < 1.29 is 27.8 Å². The molecule has 0 saturated carbocycles. The van der Waals surface area contributed by atoms with E-state index in [9.17, 15) is 13.2 Å². The summed E-state index contributed by atoms with van der Waals surface area (Å²) >= 11 is 0. The molecular formula is C15H23F3N2O3. The van der Waals surface area contributed by atoms with E-state index in [0.717, 1.165) is 19.3 Å². The maximum absolute atomic E-state index is 12.9. The summed E-state index contributed by atoms with van der Waals surface area (Å²) in [5, 5.41) is 12.4. The minimum atomic E-state index is -4.47. The van der Waals surface area contributed by atoms with Crippen LogP contribution in [0.4, 0.5) is 13.2 Å². The molecule has 0 aromatic carbocycles. The number of aliphatic hydroxyl groups is 1. The molecule has 1 aliphatic rings. The first kappa shape index (κ1) is 18.2. The Bertz CT molecular complexity index is 471. The maximum Gasteiger partial charge on any atom is 0.435 e. The molecule has 23 heavy (non-hydrogen) atoms. The van der Waals surface area contributed by atoms with Gasteiger partial charge in [-0.2, -0.15) is 18.3 Å². The summed E-state index contributed by atoms with van der Waals surface area (Å²) in [6.45, 7) is 1.34. The molecule has 1 aromatic rings. The predicted molar refractivity (Wildman–Crippen MR) is 76.8 cm³/mol. The summed E-state index contributed by atoms with van der Waals surface area (Å²) in [7, 11) is 0. The van der Waals surface area contributed by atoms with Gasteiger partial charge < -0.3 is 14.6 Å². The molecule has 0 bridgehead atoms. The zero-order chi connectivity index (χ0) is 16.7. The SMILES string of the molecule is OCCCc1cn(CCCOC2CCCCO2)nc1C(F)(F)F. The molecule has 1 unspecified atom stereocenters. The van der Waals surface area contributed by atoms with Crippen LogP contribution in [0.5, 0.6) is 0 Å². The van der Waals surface area contributed by atoms with Crippen LogP contribution in [0, 0.1) is 0 Å². The van der Waals surface area contributed by atoms with Crippen LogP contribution in [0.15, 0.2) is 6.20 Å². The number of aromatic nitrogens is 2. The molecule has 0 spiro atoms. The second kappa shape index (κ2) is 8.65. The Labute approximate surface area is 133 Å². The Kier molecular flexibility index (Phi) is 6.86. The highest BCUT2D eigenvalue weighted by Gasteiger charge is 2.36. The highest BCUT2D eigenvalue weighted by molar-refractivity contribution is 5.20. The molecule has 1 atom stereocenters. The van der Waals surface area contributed by atoms with E-state index in [2.05, 4.69) is 5.10 Å². The second-order valence-corrected chi connectivity index (χ2v) is 5.61. The van der Waals surface area contributed by atoms with E-state index >= 15 is 0 Å². The monoisotopic (exact) mass is 336 g/mol. The summed E-state index contributed by atoms with van der Waals surface area (Å²) in [5.74, 6) is 0. The second-order valence-electron chi connectivity index (χ2n) is 5.61. The summed E-state index contributed by atoms with van der Waals surface area (Å²) < 4.78 is 51.1. The molecule has 0 amide bonds. The fourth-order valence-corrected chi connectivity index (χ4v) is 2.55. The number of aliphatic hydroxyl groups excluding tert-OH is 1. The average Bonchev–Trinajstić information content (AvgIpc) is 2.94. The molecule has 1 saturated heterocycles. The first-order chi connectivity index (χ1) is 11.0. The number of rotatable bonds is 8. The van der Waals surface area contributed by atoms with Gasteiger partial charge in [0.05, 0.1) is 6.61 Å². The van der Waals surface area contributed by atoms with Crippen molar-refractivity contribution in [1.29, 1.82) is 0 Å². The third kappa shape index (κ3) is 5.78. The lowest BCUT2D eigenvalue weighted by Gasteiger charge is -2.22. The highest BCUT2D eigenvalue weighted by atomic mass is 19.4. The number of alkyl halides is 3. The van der Waals surface area contributed by atoms with Gasteiger partial charge in [-0.3, -0.25) is 4.68 Å². The van der Waals surface area contributed by atoms with Crippen LogP contribution >= 0.6 is 0 Å². The lowest BCUT2D eigenvalue weighted by Crippen LogP contribution is -2.23. The molecule has 0 radical (unpaired) electrons. The smallest absolute Gasteiger partial charge is 0.396 e. The molecule has 2 rings (SSSR count). The molecule has 8 heteroatoms. The summed E-state index contributed by atoms with van der Waals surface area (Å²) in [6, 6.07) is 0. The van der Waals surface area contributed by atoms with Gasteiger partial charge in [-0.05, 0) is 38.5 Å².